The highest BCUT2D eigenvalue weighted by Crippen LogP contribution is 2.21. The van der Waals surface area contributed by atoms with Gasteiger partial charge in [-0.15, -0.1) is 0 Å². The summed E-state index contributed by atoms with van der Waals surface area (Å²) in [5.74, 6) is 0. The number of hydroxylamine groups is 3. The lowest BCUT2D eigenvalue weighted by Gasteiger charge is -2.44. The van der Waals surface area contributed by atoms with Crippen LogP contribution in [-0.2, 0) is 0 Å². The van der Waals surface area contributed by atoms with Gasteiger partial charge in [0.1, 0.15) is 13.1 Å². The van der Waals surface area contributed by atoms with Crippen molar-refractivity contribution in [2.24, 2.45) is 0 Å². The summed E-state index contributed by atoms with van der Waals surface area (Å²) >= 11 is 0. The molecule has 1 N–H and O–H groups in total. The number of piperidine rings is 1. The fourth-order valence-corrected chi connectivity index (χ4v) is 2.86. The van der Waals surface area contributed by atoms with E-state index in [1.165, 1.54) is 26.2 Å². The lowest BCUT2D eigenvalue weighted by molar-refractivity contribution is -1.09. The normalized spacial score (nSPS) is 40.9. The third kappa shape index (κ3) is 2.94. The van der Waals surface area contributed by atoms with Gasteiger partial charge >= 0.3 is 0 Å². The second-order valence-electron chi connectivity index (χ2n) is 6.44. The van der Waals surface area contributed by atoms with E-state index in [9.17, 15) is 5.21 Å². The molecule has 0 aromatic carbocycles. The van der Waals surface area contributed by atoms with Crippen molar-refractivity contribution in [1.29, 1.82) is 0 Å². The van der Waals surface area contributed by atoms with Gasteiger partial charge in [0.15, 0.2) is 0 Å². The van der Waals surface area contributed by atoms with Gasteiger partial charge in [-0.3, -0.25) is 4.90 Å². The molecule has 2 saturated heterocycles. The van der Waals surface area contributed by atoms with E-state index in [4.69, 9.17) is 0 Å². The Balaban J connectivity index is 1.82. The minimum atomic E-state index is 0.228. The van der Waals surface area contributed by atoms with Gasteiger partial charge in [-0.25, -0.2) is 5.21 Å². The molecule has 94 valence electrons. The van der Waals surface area contributed by atoms with Crippen LogP contribution in [0.3, 0.4) is 0 Å². The Labute approximate surface area is 99.2 Å². The first-order valence-electron chi connectivity index (χ1n) is 6.51. The van der Waals surface area contributed by atoms with Crippen LogP contribution in [0.4, 0.5) is 0 Å². The molecule has 0 aliphatic carbocycles. The molecule has 0 spiro atoms. The average Bonchev–Trinajstić information content (AvgIpc) is 2.19. The quantitative estimate of drug-likeness (QED) is 0.657. The van der Waals surface area contributed by atoms with E-state index >= 15 is 0 Å². The molecule has 0 bridgehead atoms. The monoisotopic (exact) mass is 229 g/mol. The molecule has 2 heterocycles. The molecule has 2 aliphatic heterocycles. The molecule has 0 unspecified atom stereocenters. The van der Waals surface area contributed by atoms with Gasteiger partial charge < -0.3 is 4.48 Å². The molecule has 0 amide bonds. The Hall–Kier alpha value is -0.160. The lowest BCUT2D eigenvalue weighted by Crippen LogP contribution is -2.59. The molecule has 2 aliphatic rings. The minimum absolute atomic E-state index is 0.228. The zero-order valence-electron chi connectivity index (χ0n) is 11.0. The molecule has 0 atom stereocenters. The molecular weight excluding hydrogens is 202 g/mol. The maximum atomic E-state index is 9.89. The second-order valence-corrected chi connectivity index (χ2v) is 6.44. The third-order valence-corrected chi connectivity index (χ3v) is 4.39. The molecule has 0 aromatic heterocycles. The van der Waals surface area contributed by atoms with Gasteiger partial charge in [-0.1, -0.05) is 0 Å². The van der Waals surface area contributed by atoms with E-state index in [2.05, 4.69) is 19.0 Å². The van der Waals surface area contributed by atoms with E-state index in [-0.39, 0.29) is 4.65 Å². The first-order valence-corrected chi connectivity index (χ1v) is 6.51. The largest absolute Gasteiger partial charge is 0.326 e. The highest BCUT2D eigenvalue weighted by atomic mass is 16.5. The van der Waals surface area contributed by atoms with Crippen LogP contribution in [0.25, 0.3) is 0 Å². The number of quaternary nitrogens is 2. The van der Waals surface area contributed by atoms with Gasteiger partial charge in [0.25, 0.3) is 0 Å². The van der Waals surface area contributed by atoms with Crippen molar-refractivity contribution < 1.29 is 14.3 Å². The number of hydrogen-bond acceptors (Lipinski definition) is 2. The van der Waals surface area contributed by atoms with Gasteiger partial charge in [-0.05, 0) is 0 Å². The van der Waals surface area contributed by atoms with Crippen molar-refractivity contribution in [2.75, 3.05) is 60.4 Å². The first kappa shape index (κ1) is 12.3. The Morgan fingerprint density at radius 3 is 1.94 bits per heavy atom. The van der Waals surface area contributed by atoms with Gasteiger partial charge in [0.05, 0.1) is 34.2 Å². The molecule has 2 fully saturated rings. The number of nitrogens with zero attached hydrogens (tertiary/aromatic N) is 3. The molecule has 0 radical (unpaired) electrons. The topological polar surface area (TPSA) is 23.5 Å². The van der Waals surface area contributed by atoms with E-state index in [0.717, 1.165) is 36.5 Å². The van der Waals surface area contributed by atoms with Crippen LogP contribution in [0, 0.1) is 0 Å². The second kappa shape index (κ2) is 4.26. The van der Waals surface area contributed by atoms with Crippen LogP contribution in [0.2, 0.25) is 0 Å². The van der Waals surface area contributed by atoms with Gasteiger partial charge in [-0.2, -0.15) is 4.65 Å². The van der Waals surface area contributed by atoms with E-state index in [0.29, 0.717) is 0 Å². The number of piperazine rings is 1. The van der Waals surface area contributed by atoms with Crippen LogP contribution in [0.15, 0.2) is 0 Å². The van der Waals surface area contributed by atoms with Crippen molar-refractivity contribution >= 4 is 0 Å². The van der Waals surface area contributed by atoms with Crippen LogP contribution < -0.4 is 0 Å². The minimum Gasteiger partial charge on any atom is -0.326 e. The Kier molecular flexibility index (Phi) is 3.27. The van der Waals surface area contributed by atoms with Crippen molar-refractivity contribution in [2.45, 2.75) is 18.9 Å². The predicted molar refractivity (Wildman–Crippen MR) is 64.1 cm³/mol. The Morgan fingerprint density at radius 2 is 1.44 bits per heavy atom. The number of rotatable bonds is 1. The van der Waals surface area contributed by atoms with Crippen LogP contribution in [0.1, 0.15) is 12.8 Å². The van der Waals surface area contributed by atoms with E-state index in [1.54, 1.807) is 0 Å². The molecule has 2 rings (SSSR count). The number of likely N-dealkylation sites (tertiary alicyclic amines) is 1. The van der Waals surface area contributed by atoms with Crippen LogP contribution >= 0.6 is 0 Å². The van der Waals surface area contributed by atoms with Crippen LogP contribution in [0.5, 0.6) is 0 Å². The average molecular weight is 229 g/mol. The van der Waals surface area contributed by atoms with Crippen LogP contribution in [-0.4, -0.2) is 85.7 Å². The zero-order chi connectivity index (χ0) is 11.8. The van der Waals surface area contributed by atoms with E-state index < -0.39 is 0 Å². The third-order valence-electron chi connectivity index (χ3n) is 4.39. The zero-order valence-corrected chi connectivity index (χ0v) is 11.0. The maximum Gasteiger partial charge on any atom is 0.110 e. The summed E-state index contributed by atoms with van der Waals surface area (Å²) in [6.07, 6.45) is 2.31. The summed E-state index contributed by atoms with van der Waals surface area (Å²) < 4.78 is 1.39. The smallest absolute Gasteiger partial charge is 0.110 e. The molecule has 16 heavy (non-hydrogen) atoms. The summed E-state index contributed by atoms with van der Waals surface area (Å²) in [6.45, 7) is 6.82. The Morgan fingerprint density at radius 1 is 0.938 bits per heavy atom. The fraction of sp³-hybridized carbons (Fsp3) is 1.00. The van der Waals surface area contributed by atoms with Crippen molar-refractivity contribution in [3.63, 3.8) is 0 Å². The summed E-state index contributed by atoms with van der Waals surface area (Å²) in [4.78, 5) is 2.64. The standard InChI is InChI=1S/C12H27N3O/c1-14(2)10-6-13(7-11-14)12-4-8-15(3,16)9-5-12/h12,16H,4-11H2,1-3H3/q+2. The van der Waals surface area contributed by atoms with E-state index in [1.807, 2.05) is 7.05 Å². The summed E-state index contributed by atoms with van der Waals surface area (Å²) in [5, 5.41) is 9.89. The predicted octanol–water partition coefficient (Wildman–Crippen LogP) is 0.377. The molecule has 0 aromatic rings. The number of hydrogen-bond donors (Lipinski definition) is 1. The summed E-state index contributed by atoms with van der Waals surface area (Å²) in [6, 6.07) is 0.721. The molecular formula is C12H27N3O+2. The van der Waals surface area contributed by atoms with Crippen molar-refractivity contribution in [1.82, 2.24) is 4.90 Å². The highest BCUT2D eigenvalue weighted by Gasteiger charge is 2.35. The molecule has 0 saturated carbocycles. The van der Waals surface area contributed by atoms with Crippen molar-refractivity contribution in [3.8, 4) is 0 Å². The molecule has 4 nitrogen and oxygen atoms in total. The Bertz CT molecular complexity index is 207. The fourth-order valence-electron chi connectivity index (χ4n) is 2.86. The lowest BCUT2D eigenvalue weighted by atomic mass is 10.0. The maximum absolute atomic E-state index is 9.89. The van der Waals surface area contributed by atoms with Crippen molar-refractivity contribution in [3.05, 3.63) is 0 Å². The first-order chi connectivity index (χ1) is 7.38. The summed E-state index contributed by atoms with van der Waals surface area (Å²) in [7, 11) is 6.56. The summed E-state index contributed by atoms with van der Waals surface area (Å²) in [5.41, 5.74) is 0. The highest BCUT2D eigenvalue weighted by molar-refractivity contribution is 4.76. The SMILES string of the molecule is C[N+]1(C)CCN(C2CC[N+](C)(O)CC2)CC1. The number of likely N-dealkylation sites (N-methyl/N-ethyl adjacent to an activating group) is 1. The van der Waals surface area contributed by atoms with Gasteiger partial charge in [0.2, 0.25) is 0 Å². The van der Waals surface area contributed by atoms with Gasteiger partial charge in [0, 0.05) is 32.0 Å². The molecule has 4 heteroatoms.